The number of hydrogen-bond acceptors (Lipinski definition) is 5. The summed E-state index contributed by atoms with van der Waals surface area (Å²) in [6.45, 7) is 3.18. The maximum absolute atomic E-state index is 11.8. The molecule has 0 spiro atoms. The van der Waals surface area contributed by atoms with Gasteiger partial charge in [-0.15, -0.1) is 0 Å². The quantitative estimate of drug-likeness (QED) is 0.476. The van der Waals surface area contributed by atoms with Crippen molar-refractivity contribution in [2.75, 3.05) is 6.61 Å². The summed E-state index contributed by atoms with van der Waals surface area (Å²) in [4.78, 5) is 11.8. The fourth-order valence-corrected chi connectivity index (χ4v) is 1.51. The number of aliphatic hydroxyl groups excluding tert-OH is 1. The van der Waals surface area contributed by atoms with E-state index in [1.165, 1.54) is 12.1 Å². The Kier molecular flexibility index (Phi) is 4.74. The van der Waals surface area contributed by atoms with Crippen molar-refractivity contribution < 1.29 is 20.1 Å². The van der Waals surface area contributed by atoms with Gasteiger partial charge in [-0.25, -0.2) is 0 Å². The summed E-state index contributed by atoms with van der Waals surface area (Å²) in [6, 6.07) is 3.49. The highest BCUT2D eigenvalue weighted by atomic mass is 16.3. The Labute approximate surface area is 111 Å². The van der Waals surface area contributed by atoms with Crippen molar-refractivity contribution in [1.82, 2.24) is 5.32 Å². The molecule has 1 rings (SSSR count). The average Bonchev–Trinajstić information content (AvgIpc) is 2.33. The first kappa shape index (κ1) is 15.3. The molecule has 0 fully saturated rings. The van der Waals surface area contributed by atoms with Gasteiger partial charge < -0.3 is 26.4 Å². The van der Waals surface area contributed by atoms with Crippen LogP contribution in [0.15, 0.2) is 18.2 Å². The lowest BCUT2D eigenvalue weighted by atomic mass is 10.0. The number of amides is 1. The molecule has 0 unspecified atom stereocenters. The van der Waals surface area contributed by atoms with Crippen molar-refractivity contribution in [3.05, 3.63) is 23.8 Å². The first-order chi connectivity index (χ1) is 8.75. The molecule has 0 aliphatic heterocycles. The van der Waals surface area contributed by atoms with E-state index in [0.29, 0.717) is 5.56 Å². The van der Waals surface area contributed by atoms with Crippen molar-refractivity contribution in [2.45, 2.75) is 31.8 Å². The molecule has 106 valence electrons. The van der Waals surface area contributed by atoms with Crippen LogP contribution in [0.4, 0.5) is 0 Å². The maximum Gasteiger partial charge on any atom is 0.237 e. The fraction of sp³-hybridized carbons (Fsp3) is 0.462. The summed E-state index contributed by atoms with van der Waals surface area (Å²) >= 11 is 0. The van der Waals surface area contributed by atoms with Crippen LogP contribution in [0, 0.1) is 0 Å². The SMILES string of the molecule is CC(C)(CO)NC(=O)[C@@H](N)Cc1ccc(O)c(O)c1. The molecule has 1 atom stereocenters. The molecule has 0 saturated carbocycles. The van der Waals surface area contributed by atoms with E-state index >= 15 is 0 Å². The van der Waals surface area contributed by atoms with E-state index in [9.17, 15) is 15.0 Å². The van der Waals surface area contributed by atoms with Crippen molar-refractivity contribution >= 4 is 5.91 Å². The van der Waals surface area contributed by atoms with Crippen LogP contribution in [0.1, 0.15) is 19.4 Å². The minimum atomic E-state index is -0.797. The van der Waals surface area contributed by atoms with E-state index < -0.39 is 11.6 Å². The molecule has 6 nitrogen and oxygen atoms in total. The van der Waals surface area contributed by atoms with E-state index in [-0.39, 0.29) is 30.4 Å². The predicted molar refractivity (Wildman–Crippen MR) is 70.8 cm³/mol. The second-order valence-electron chi connectivity index (χ2n) is 5.16. The molecular formula is C13H20N2O4. The van der Waals surface area contributed by atoms with Gasteiger partial charge in [0.05, 0.1) is 18.2 Å². The standard InChI is InChI=1S/C13H20N2O4/c1-13(2,7-16)15-12(19)9(14)5-8-3-4-10(17)11(18)6-8/h3-4,6,9,16-18H,5,7,14H2,1-2H3,(H,15,19)/t9-/m0/s1. The minimum Gasteiger partial charge on any atom is -0.504 e. The second-order valence-corrected chi connectivity index (χ2v) is 5.16. The summed E-state index contributed by atoms with van der Waals surface area (Å²) in [5, 5.41) is 30.2. The van der Waals surface area contributed by atoms with Gasteiger partial charge in [0.1, 0.15) is 0 Å². The van der Waals surface area contributed by atoms with Gasteiger partial charge in [-0.3, -0.25) is 4.79 Å². The summed E-state index contributed by atoms with van der Waals surface area (Å²) in [6.07, 6.45) is 0.223. The number of nitrogens with one attached hydrogen (secondary N) is 1. The van der Waals surface area contributed by atoms with Gasteiger partial charge in [0, 0.05) is 0 Å². The zero-order valence-corrected chi connectivity index (χ0v) is 11.1. The number of aromatic hydroxyl groups is 2. The predicted octanol–water partition coefficient (Wildman–Crippen LogP) is -0.145. The van der Waals surface area contributed by atoms with Crippen LogP contribution in [-0.4, -0.2) is 39.4 Å². The molecule has 19 heavy (non-hydrogen) atoms. The van der Waals surface area contributed by atoms with Crippen molar-refractivity contribution in [2.24, 2.45) is 5.73 Å². The zero-order chi connectivity index (χ0) is 14.6. The van der Waals surface area contributed by atoms with Crippen LogP contribution < -0.4 is 11.1 Å². The smallest absolute Gasteiger partial charge is 0.237 e. The number of phenolic OH excluding ortho intramolecular Hbond substituents is 2. The van der Waals surface area contributed by atoms with E-state index in [1.54, 1.807) is 19.9 Å². The average molecular weight is 268 g/mol. The van der Waals surface area contributed by atoms with Crippen LogP contribution in [0.2, 0.25) is 0 Å². The Morgan fingerprint density at radius 2 is 2.00 bits per heavy atom. The first-order valence-electron chi connectivity index (χ1n) is 5.94. The third kappa shape index (κ3) is 4.42. The van der Waals surface area contributed by atoms with Gasteiger partial charge in [0.15, 0.2) is 11.5 Å². The lowest BCUT2D eigenvalue weighted by Crippen LogP contribution is -2.52. The van der Waals surface area contributed by atoms with Gasteiger partial charge in [0.2, 0.25) is 5.91 Å². The number of carbonyl (C=O) groups is 1. The summed E-state index contributed by atoms with van der Waals surface area (Å²) in [7, 11) is 0. The number of carbonyl (C=O) groups excluding carboxylic acids is 1. The Morgan fingerprint density at radius 1 is 1.37 bits per heavy atom. The van der Waals surface area contributed by atoms with Crippen molar-refractivity contribution in [3.63, 3.8) is 0 Å². The summed E-state index contributed by atoms with van der Waals surface area (Å²) < 4.78 is 0. The highest BCUT2D eigenvalue weighted by Gasteiger charge is 2.23. The van der Waals surface area contributed by atoms with Crippen LogP contribution in [0.25, 0.3) is 0 Å². The van der Waals surface area contributed by atoms with Crippen LogP contribution in [-0.2, 0) is 11.2 Å². The normalized spacial score (nSPS) is 13.1. The van der Waals surface area contributed by atoms with E-state index in [4.69, 9.17) is 10.8 Å². The van der Waals surface area contributed by atoms with Gasteiger partial charge in [-0.05, 0) is 38.0 Å². The fourth-order valence-electron chi connectivity index (χ4n) is 1.51. The Morgan fingerprint density at radius 3 is 2.53 bits per heavy atom. The number of hydrogen-bond donors (Lipinski definition) is 5. The minimum absolute atomic E-state index is 0.189. The molecular weight excluding hydrogens is 248 g/mol. The maximum atomic E-state index is 11.8. The Bertz CT molecular complexity index is 460. The second kappa shape index (κ2) is 5.90. The molecule has 1 amide bonds. The molecule has 1 aromatic carbocycles. The largest absolute Gasteiger partial charge is 0.504 e. The third-order valence-electron chi connectivity index (χ3n) is 2.69. The van der Waals surface area contributed by atoms with Crippen LogP contribution in [0.5, 0.6) is 11.5 Å². The van der Waals surface area contributed by atoms with Crippen LogP contribution in [0.3, 0.4) is 0 Å². The van der Waals surface area contributed by atoms with Gasteiger partial charge in [-0.1, -0.05) is 6.07 Å². The van der Waals surface area contributed by atoms with Crippen molar-refractivity contribution in [3.8, 4) is 11.5 Å². The highest BCUT2D eigenvalue weighted by Crippen LogP contribution is 2.25. The number of nitrogens with two attached hydrogens (primary N) is 1. The monoisotopic (exact) mass is 268 g/mol. The number of benzene rings is 1. The van der Waals surface area contributed by atoms with E-state index in [1.807, 2.05) is 0 Å². The van der Waals surface area contributed by atoms with Gasteiger partial charge >= 0.3 is 0 Å². The lowest BCUT2D eigenvalue weighted by molar-refractivity contribution is -0.124. The molecule has 1 aromatic rings. The molecule has 0 aromatic heterocycles. The molecule has 6 N–H and O–H groups in total. The molecule has 0 bridgehead atoms. The number of rotatable bonds is 5. The summed E-state index contributed by atoms with van der Waals surface area (Å²) in [5.74, 6) is -0.851. The highest BCUT2D eigenvalue weighted by molar-refractivity contribution is 5.82. The van der Waals surface area contributed by atoms with E-state index in [2.05, 4.69) is 5.32 Å². The lowest BCUT2D eigenvalue weighted by Gasteiger charge is -2.25. The third-order valence-corrected chi connectivity index (χ3v) is 2.69. The Balaban J connectivity index is 2.66. The molecule has 0 aliphatic carbocycles. The van der Waals surface area contributed by atoms with Crippen molar-refractivity contribution in [1.29, 1.82) is 0 Å². The van der Waals surface area contributed by atoms with E-state index in [0.717, 1.165) is 0 Å². The number of phenols is 2. The zero-order valence-electron chi connectivity index (χ0n) is 11.1. The molecule has 0 saturated heterocycles. The van der Waals surface area contributed by atoms with Crippen LogP contribution >= 0.6 is 0 Å². The van der Waals surface area contributed by atoms with Gasteiger partial charge in [0.25, 0.3) is 0 Å². The summed E-state index contributed by atoms with van der Waals surface area (Å²) in [5.41, 5.74) is 5.67. The molecule has 0 radical (unpaired) electrons. The molecule has 0 heterocycles. The van der Waals surface area contributed by atoms with Gasteiger partial charge in [-0.2, -0.15) is 0 Å². The number of aliphatic hydroxyl groups is 1. The topological polar surface area (TPSA) is 116 Å². The molecule has 0 aliphatic rings. The first-order valence-corrected chi connectivity index (χ1v) is 5.94. The Hall–Kier alpha value is -1.79. The molecule has 6 heteroatoms.